The number of nitrogens with one attached hydrogen (secondary N) is 2. The molecule has 0 bridgehead atoms. The maximum absolute atomic E-state index is 14.2. The molecule has 5 rings (SSSR count). The van der Waals surface area contributed by atoms with E-state index in [4.69, 9.17) is 0 Å². The number of nitrogens with zero attached hydrogens (tertiary/aromatic N) is 2. The standard InChI is InChI=1S/C29H21FN4O2/c1-18-14-20(7-6-19-10-12-31-13-11-19)15-26(32-18)29(36)34-28(23-17-22(30)8-9-27(23)35)25-16-21-4-2-3-5-24(21)33-25/h2-5,8-17,28,33,35H,1H3,(H,34,36)/t28-/m0/s1. The lowest BCUT2D eigenvalue weighted by Gasteiger charge is -2.19. The first-order chi connectivity index (χ1) is 17.5. The van der Waals surface area contributed by atoms with Crippen molar-refractivity contribution in [2.24, 2.45) is 0 Å². The number of pyridine rings is 2. The number of phenolic OH excluding ortho intramolecular Hbond substituents is 1. The highest BCUT2D eigenvalue weighted by Gasteiger charge is 2.24. The highest BCUT2D eigenvalue weighted by atomic mass is 19.1. The highest BCUT2D eigenvalue weighted by molar-refractivity contribution is 5.93. The first kappa shape index (κ1) is 22.8. The Morgan fingerprint density at radius 1 is 1.00 bits per heavy atom. The zero-order valence-electron chi connectivity index (χ0n) is 19.3. The molecule has 5 aromatic rings. The molecule has 1 atom stereocenters. The van der Waals surface area contributed by atoms with Gasteiger partial charge in [0, 0.05) is 46.0 Å². The van der Waals surface area contributed by atoms with E-state index < -0.39 is 17.8 Å². The van der Waals surface area contributed by atoms with Gasteiger partial charge < -0.3 is 15.4 Å². The number of fused-ring (bicyclic) bond motifs is 1. The lowest BCUT2D eigenvalue weighted by Crippen LogP contribution is -2.30. The molecule has 1 amide bonds. The molecular weight excluding hydrogens is 455 g/mol. The van der Waals surface area contributed by atoms with E-state index in [-0.39, 0.29) is 17.0 Å². The Hall–Kier alpha value is -4.96. The third-order valence-electron chi connectivity index (χ3n) is 5.66. The van der Waals surface area contributed by atoms with Crippen LogP contribution in [0.1, 0.15) is 44.6 Å². The van der Waals surface area contributed by atoms with Crippen molar-refractivity contribution in [3.05, 3.63) is 125 Å². The summed E-state index contributed by atoms with van der Waals surface area (Å²) in [6.07, 6.45) is 3.32. The molecule has 3 aromatic heterocycles. The zero-order chi connectivity index (χ0) is 25.1. The van der Waals surface area contributed by atoms with Crippen molar-refractivity contribution in [3.63, 3.8) is 0 Å². The summed E-state index contributed by atoms with van der Waals surface area (Å²) in [5.41, 5.74) is 3.87. The van der Waals surface area contributed by atoms with Gasteiger partial charge in [0.1, 0.15) is 17.3 Å². The molecule has 0 spiro atoms. The molecule has 3 N–H and O–H groups in total. The van der Waals surface area contributed by atoms with Crippen molar-refractivity contribution in [1.29, 1.82) is 0 Å². The number of benzene rings is 2. The van der Waals surface area contributed by atoms with Gasteiger partial charge in [-0.2, -0.15) is 0 Å². The third-order valence-corrected chi connectivity index (χ3v) is 5.66. The van der Waals surface area contributed by atoms with Gasteiger partial charge in [-0.1, -0.05) is 30.0 Å². The molecule has 0 radical (unpaired) electrons. The molecule has 36 heavy (non-hydrogen) atoms. The fourth-order valence-electron chi connectivity index (χ4n) is 3.97. The summed E-state index contributed by atoms with van der Waals surface area (Å²) < 4.78 is 14.2. The number of halogens is 1. The fourth-order valence-corrected chi connectivity index (χ4v) is 3.97. The molecule has 0 unspecified atom stereocenters. The molecule has 0 fully saturated rings. The van der Waals surface area contributed by atoms with Gasteiger partial charge in [-0.15, -0.1) is 0 Å². The van der Waals surface area contributed by atoms with Crippen LogP contribution < -0.4 is 5.32 Å². The summed E-state index contributed by atoms with van der Waals surface area (Å²) in [5, 5.41) is 14.3. The van der Waals surface area contributed by atoms with E-state index in [0.717, 1.165) is 16.5 Å². The average Bonchev–Trinajstić information content (AvgIpc) is 3.32. The number of H-pyrrole nitrogens is 1. The Kier molecular flexibility index (Phi) is 6.16. The highest BCUT2D eigenvalue weighted by Crippen LogP contribution is 2.31. The van der Waals surface area contributed by atoms with Gasteiger partial charge in [-0.05, 0) is 66.9 Å². The quantitative estimate of drug-likeness (QED) is 0.317. The number of hydrogen-bond donors (Lipinski definition) is 3. The van der Waals surface area contributed by atoms with Crippen molar-refractivity contribution < 1.29 is 14.3 Å². The van der Waals surface area contributed by atoms with Crippen LogP contribution in [0.2, 0.25) is 0 Å². The van der Waals surface area contributed by atoms with Gasteiger partial charge in [0.15, 0.2) is 0 Å². The summed E-state index contributed by atoms with van der Waals surface area (Å²) in [6, 6.07) is 19.3. The first-order valence-corrected chi connectivity index (χ1v) is 11.2. The Labute approximate surface area is 206 Å². The van der Waals surface area contributed by atoms with Crippen molar-refractivity contribution in [2.75, 3.05) is 0 Å². The minimum Gasteiger partial charge on any atom is -0.508 e. The van der Waals surface area contributed by atoms with Crippen LogP contribution in [0.3, 0.4) is 0 Å². The lowest BCUT2D eigenvalue weighted by atomic mass is 10.0. The van der Waals surface area contributed by atoms with Gasteiger partial charge in [-0.3, -0.25) is 9.78 Å². The van der Waals surface area contributed by atoms with E-state index in [1.807, 2.05) is 30.3 Å². The second-order valence-corrected chi connectivity index (χ2v) is 8.29. The molecule has 7 heteroatoms. The summed E-state index contributed by atoms with van der Waals surface area (Å²) in [4.78, 5) is 25.0. The minimum atomic E-state index is -0.853. The number of amides is 1. The van der Waals surface area contributed by atoms with Gasteiger partial charge in [0.25, 0.3) is 5.91 Å². The number of rotatable bonds is 4. The lowest BCUT2D eigenvalue weighted by molar-refractivity contribution is 0.0936. The molecular formula is C29H21FN4O2. The van der Waals surface area contributed by atoms with Gasteiger partial charge in [0.2, 0.25) is 0 Å². The second kappa shape index (κ2) is 9.72. The Morgan fingerprint density at radius 3 is 2.58 bits per heavy atom. The fraction of sp³-hybridized carbons (Fsp3) is 0.0690. The van der Waals surface area contributed by atoms with E-state index in [2.05, 4.69) is 32.1 Å². The Bertz CT molecular complexity index is 1600. The van der Waals surface area contributed by atoms with Crippen LogP contribution in [0.4, 0.5) is 4.39 Å². The van der Waals surface area contributed by atoms with Gasteiger partial charge >= 0.3 is 0 Å². The van der Waals surface area contributed by atoms with Crippen molar-refractivity contribution in [1.82, 2.24) is 20.3 Å². The molecule has 3 heterocycles. The summed E-state index contributed by atoms with van der Waals surface area (Å²) >= 11 is 0. The van der Waals surface area contributed by atoms with Crippen LogP contribution >= 0.6 is 0 Å². The van der Waals surface area contributed by atoms with Crippen LogP contribution in [0, 0.1) is 24.6 Å². The summed E-state index contributed by atoms with van der Waals surface area (Å²) in [7, 11) is 0. The van der Waals surface area contributed by atoms with Crippen LogP contribution in [-0.4, -0.2) is 26.0 Å². The summed E-state index contributed by atoms with van der Waals surface area (Å²) in [6.45, 7) is 1.78. The number of aryl methyl sites for hydroxylation is 1. The van der Waals surface area contributed by atoms with E-state index in [1.54, 1.807) is 43.6 Å². The monoisotopic (exact) mass is 476 g/mol. The van der Waals surface area contributed by atoms with Gasteiger partial charge in [-0.25, -0.2) is 9.37 Å². The minimum absolute atomic E-state index is 0.138. The number of aromatic nitrogens is 3. The largest absolute Gasteiger partial charge is 0.508 e. The molecule has 0 aliphatic heterocycles. The molecule has 0 saturated carbocycles. The number of phenols is 1. The normalized spacial score (nSPS) is 11.5. The van der Waals surface area contributed by atoms with Crippen molar-refractivity contribution in [2.45, 2.75) is 13.0 Å². The molecule has 6 nitrogen and oxygen atoms in total. The topological polar surface area (TPSA) is 90.9 Å². The smallest absolute Gasteiger partial charge is 0.270 e. The van der Waals surface area contributed by atoms with Crippen molar-refractivity contribution in [3.8, 4) is 17.6 Å². The van der Waals surface area contributed by atoms with E-state index in [9.17, 15) is 14.3 Å². The van der Waals surface area contributed by atoms with Crippen LogP contribution in [-0.2, 0) is 0 Å². The third kappa shape index (κ3) is 4.93. The van der Waals surface area contributed by atoms with E-state index in [1.165, 1.54) is 18.2 Å². The number of carbonyl (C=O) groups is 1. The SMILES string of the molecule is Cc1cc(C#Cc2ccncc2)cc(C(=O)N[C@H](c2cc3ccccc3[nH]2)c2cc(F)ccc2O)n1. The number of aromatic amines is 1. The maximum Gasteiger partial charge on any atom is 0.270 e. The molecule has 176 valence electrons. The molecule has 0 aliphatic rings. The van der Waals surface area contributed by atoms with E-state index >= 15 is 0 Å². The van der Waals surface area contributed by atoms with Gasteiger partial charge in [0.05, 0.1) is 6.04 Å². The maximum atomic E-state index is 14.2. The number of hydrogen-bond acceptors (Lipinski definition) is 4. The summed E-state index contributed by atoms with van der Waals surface area (Å²) in [5.74, 6) is 4.95. The van der Waals surface area contributed by atoms with Crippen molar-refractivity contribution >= 4 is 16.8 Å². The molecule has 2 aromatic carbocycles. The predicted molar refractivity (Wildman–Crippen MR) is 135 cm³/mol. The van der Waals surface area contributed by atoms with Crippen LogP contribution in [0.5, 0.6) is 5.75 Å². The Morgan fingerprint density at radius 2 is 1.78 bits per heavy atom. The van der Waals surface area contributed by atoms with Crippen LogP contribution in [0.15, 0.2) is 85.2 Å². The predicted octanol–water partition coefficient (Wildman–Crippen LogP) is 5.03. The number of aromatic hydroxyl groups is 1. The molecule has 0 aliphatic carbocycles. The van der Waals surface area contributed by atoms with Crippen LogP contribution in [0.25, 0.3) is 10.9 Å². The average molecular weight is 477 g/mol. The number of carbonyl (C=O) groups excluding carboxylic acids is 1. The first-order valence-electron chi connectivity index (χ1n) is 11.2. The zero-order valence-corrected chi connectivity index (χ0v) is 19.3. The number of para-hydroxylation sites is 1. The molecule has 0 saturated heterocycles. The Balaban J connectivity index is 1.51. The van der Waals surface area contributed by atoms with E-state index in [0.29, 0.717) is 17.0 Å². The second-order valence-electron chi connectivity index (χ2n) is 8.29.